The van der Waals surface area contributed by atoms with E-state index in [1.165, 1.54) is 6.07 Å². The van der Waals surface area contributed by atoms with Gasteiger partial charge in [0.1, 0.15) is 0 Å². The molecule has 0 saturated heterocycles. The summed E-state index contributed by atoms with van der Waals surface area (Å²) >= 11 is 3.07. The van der Waals surface area contributed by atoms with Crippen LogP contribution in [0.25, 0.3) is 0 Å². The fraction of sp³-hybridized carbons (Fsp3) is 0.286. The molecule has 0 spiro atoms. The number of nitrogens with one attached hydrogen (secondary N) is 1. The molecule has 0 aliphatic carbocycles. The third-order valence-corrected chi connectivity index (χ3v) is 3.01. The molecular weight excluding hydrogens is 344 g/mol. The zero-order valence-corrected chi connectivity index (χ0v) is 13.1. The Balaban J connectivity index is 2.10. The summed E-state index contributed by atoms with van der Waals surface area (Å²) in [7, 11) is 0. The lowest BCUT2D eigenvalue weighted by molar-refractivity contribution is 0.392. The highest BCUT2D eigenvalue weighted by molar-refractivity contribution is 9.10. The SMILES string of the molecule is CC(C)NCc1cnc(Oc2cc(Br)cc(F)c2F)nc1. The first-order chi connectivity index (χ1) is 9.95. The number of nitrogens with zero attached hydrogens (tertiary/aromatic N) is 2. The van der Waals surface area contributed by atoms with Crippen molar-refractivity contribution in [2.24, 2.45) is 0 Å². The van der Waals surface area contributed by atoms with Crippen molar-refractivity contribution >= 4 is 15.9 Å². The minimum Gasteiger partial charge on any atom is -0.421 e. The predicted octanol–water partition coefficient (Wildman–Crippen LogP) is 3.81. The first-order valence-corrected chi connectivity index (χ1v) is 7.11. The summed E-state index contributed by atoms with van der Waals surface area (Å²) in [6, 6.07) is 2.64. The molecule has 0 aliphatic heterocycles. The van der Waals surface area contributed by atoms with Crippen molar-refractivity contribution in [1.29, 1.82) is 0 Å². The molecule has 0 unspecified atom stereocenters. The topological polar surface area (TPSA) is 47.0 Å². The Bertz CT molecular complexity index is 620. The van der Waals surface area contributed by atoms with Crippen LogP contribution in [-0.4, -0.2) is 16.0 Å². The van der Waals surface area contributed by atoms with Crippen LogP contribution in [-0.2, 0) is 6.54 Å². The van der Waals surface area contributed by atoms with Crippen molar-refractivity contribution in [1.82, 2.24) is 15.3 Å². The molecule has 112 valence electrons. The normalized spacial score (nSPS) is 11.0. The predicted molar refractivity (Wildman–Crippen MR) is 78.1 cm³/mol. The highest BCUT2D eigenvalue weighted by Crippen LogP contribution is 2.27. The van der Waals surface area contributed by atoms with Crippen LogP contribution in [0.2, 0.25) is 0 Å². The van der Waals surface area contributed by atoms with Crippen LogP contribution in [0, 0.1) is 11.6 Å². The summed E-state index contributed by atoms with van der Waals surface area (Å²) in [5, 5.41) is 3.22. The van der Waals surface area contributed by atoms with E-state index in [0.29, 0.717) is 17.1 Å². The molecule has 2 aromatic rings. The minimum atomic E-state index is -1.08. The van der Waals surface area contributed by atoms with E-state index in [1.54, 1.807) is 12.4 Å². The van der Waals surface area contributed by atoms with Crippen LogP contribution in [0.1, 0.15) is 19.4 Å². The molecular formula is C14H14BrF2N3O. The maximum atomic E-state index is 13.6. The molecule has 1 aromatic carbocycles. The highest BCUT2D eigenvalue weighted by Gasteiger charge is 2.13. The van der Waals surface area contributed by atoms with Gasteiger partial charge in [0.15, 0.2) is 11.6 Å². The molecule has 1 aromatic heterocycles. The van der Waals surface area contributed by atoms with Gasteiger partial charge in [-0.1, -0.05) is 29.8 Å². The molecule has 4 nitrogen and oxygen atoms in total. The molecule has 0 saturated carbocycles. The van der Waals surface area contributed by atoms with Gasteiger partial charge in [-0.2, -0.15) is 4.39 Å². The Hall–Kier alpha value is -1.60. The summed E-state index contributed by atoms with van der Waals surface area (Å²) in [6.07, 6.45) is 3.15. The van der Waals surface area contributed by atoms with E-state index in [0.717, 1.165) is 11.6 Å². The zero-order valence-electron chi connectivity index (χ0n) is 11.5. The molecule has 7 heteroatoms. The molecule has 0 bridgehead atoms. The van der Waals surface area contributed by atoms with Crippen LogP contribution < -0.4 is 10.1 Å². The number of hydrogen-bond acceptors (Lipinski definition) is 4. The molecule has 21 heavy (non-hydrogen) atoms. The smallest absolute Gasteiger partial charge is 0.321 e. The number of hydrogen-bond donors (Lipinski definition) is 1. The Morgan fingerprint density at radius 1 is 1.24 bits per heavy atom. The van der Waals surface area contributed by atoms with E-state index >= 15 is 0 Å². The fourth-order valence-electron chi connectivity index (χ4n) is 1.51. The van der Waals surface area contributed by atoms with Crippen LogP contribution in [0.4, 0.5) is 8.78 Å². The third-order valence-electron chi connectivity index (χ3n) is 2.56. The molecule has 0 fully saturated rings. The van der Waals surface area contributed by atoms with Crippen molar-refractivity contribution in [3.8, 4) is 11.8 Å². The largest absolute Gasteiger partial charge is 0.421 e. The number of aromatic nitrogens is 2. The maximum absolute atomic E-state index is 13.6. The summed E-state index contributed by atoms with van der Waals surface area (Å²) in [6.45, 7) is 4.68. The second kappa shape index (κ2) is 6.91. The van der Waals surface area contributed by atoms with Crippen molar-refractivity contribution in [2.75, 3.05) is 0 Å². The molecule has 1 N–H and O–H groups in total. The van der Waals surface area contributed by atoms with Gasteiger partial charge in [0.2, 0.25) is 5.82 Å². The van der Waals surface area contributed by atoms with Crippen LogP contribution in [0.5, 0.6) is 11.8 Å². The summed E-state index contributed by atoms with van der Waals surface area (Å²) in [5.74, 6) is -2.35. The average Bonchev–Trinajstić information content (AvgIpc) is 2.43. The zero-order chi connectivity index (χ0) is 15.4. The monoisotopic (exact) mass is 357 g/mol. The molecule has 1 heterocycles. The lowest BCUT2D eigenvalue weighted by Crippen LogP contribution is -2.21. The van der Waals surface area contributed by atoms with Gasteiger partial charge in [-0.25, -0.2) is 14.4 Å². The van der Waals surface area contributed by atoms with Gasteiger partial charge >= 0.3 is 6.01 Å². The van der Waals surface area contributed by atoms with E-state index in [2.05, 4.69) is 31.2 Å². The Labute approximate surface area is 129 Å². The molecule has 0 atom stereocenters. The quantitative estimate of drug-likeness (QED) is 0.826. The van der Waals surface area contributed by atoms with Crippen molar-refractivity contribution in [3.63, 3.8) is 0 Å². The Morgan fingerprint density at radius 2 is 1.90 bits per heavy atom. The fourth-order valence-corrected chi connectivity index (χ4v) is 1.92. The number of rotatable bonds is 5. The number of halogens is 3. The second-order valence-corrected chi connectivity index (χ2v) is 5.63. The number of ether oxygens (including phenoxy) is 1. The Morgan fingerprint density at radius 3 is 2.52 bits per heavy atom. The molecule has 0 radical (unpaired) electrons. The first-order valence-electron chi connectivity index (χ1n) is 6.32. The minimum absolute atomic E-state index is 0.0419. The van der Waals surface area contributed by atoms with E-state index < -0.39 is 11.6 Å². The highest BCUT2D eigenvalue weighted by atomic mass is 79.9. The summed E-state index contributed by atoms with van der Waals surface area (Å²) < 4.78 is 32.4. The van der Waals surface area contributed by atoms with Gasteiger partial charge in [-0.15, -0.1) is 0 Å². The van der Waals surface area contributed by atoms with E-state index in [4.69, 9.17) is 4.74 Å². The maximum Gasteiger partial charge on any atom is 0.321 e. The van der Waals surface area contributed by atoms with Crippen molar-refractivity contribution in [2.45, 2.75) is 26.4 Å². The van der Waals surface area contributed by atoms with Gasteiger partial charge in [-0.3, -0.25) is 0 Å². The standard InChI is InChI=1S/C14H14BrF2N3O/c1-8(2)18-5-9-6-19-14(20-7-9)21-12-4-10(15)3-11(16)13(12)17/h3-4,6-8,18H,5H2,1-2H3. The summed E-state index contributed by atoms with van der Waals surface area (Å²) in [4.78, 5) is 7.95. The van der Waals surface area contributed by atoms with Gasteiger partial charge in [0.25, 0.3) is 0 Å². The van der Waals surface area contributed by atoms with Crippen molar-refractivity contribution in [3.05, 3.63) is 46.2 Å². The molecule has 0 aliphatic rings. The number of benzene rings is 1. The lowest BCUT2D eigenvalue weighted by atomic mass is 10.3. The van der Waals surface area contributed by atoms with Crippen molar-refractivity contribution < 1.29 is 13.5 Å². The van der Waals surface area contributed by atoms with E-state index in [-0.39, 0.29) is 11.8 Å². The van der Waals surface area contributed by atoms with Gasteiger partial charge in [-0.05, 0) is 12.1 Å². The van der Waals surface area contributed by atoms with E-state index in [1.807, 2.05) is 13.8 Å². The van der Waals surface area contributed by atoms with E-state index in [9.17, 15) is 8.78 Å². The molecule has 2 rings (SSSR count). The summed E-state index contributed by atoms with van der Waals surface area (Å²) in [5.41, 5.74) is 0.872. The van der Waals surface area contributed by atoms with Crippen LogP contribution in [0.15, 0.2) is 29.0 Å². The second-order valence-electron chi connectivity index (χ2n) is 4.71. The van der Waals surface area contributed by atoms with Gasteiger partial charge < -0.3 is 10.1 Å². The van der Waals surface area contributed by atoms with Crippen LogP contribution >= 0.6 is 15.9 Å². The van der Waals surface area contributed by atoms with Crippen LogP contribution in [0.3, 0.4) is 0 Å². The Kier molecular flexibility index (Phi) is 5.19. The molecule has 0 amide bonds. The third kappa shape index (κ3) is 4.44. The first kappa shape index (κ1) is 15.8. The lowest BCUT2D eigenvalue weighted by Gasteiger charge is -2.09. The van der Waals surface area contributed by atoms with Gasteiger partial charge in [0, 0.05) is 35.0 Å². The van der Waals surface area contributed by atoms with Gasteiger partial charge in [0.05, 0.1) is 0 Å². The average molecular weight is 358 g/mol.